The normalized spacial score (nSPS) is 14.5. The van der Waals surface area contributed by atoms with Crippen molar-refractivity contribution in [2.45, 2.75) is 26.3 Å². The number of aromatic nitrogens is 2. The SMILES string of the molecule is CCCCn1nc(C(=O)N2CCN(c3ccc(F)cc3)CC2)ccc1=O. The van der Waals surface area contributed by atoms with E-state index >= 15 is 0 Å². The van der Waals surface area contributed by atoms with Crippen LogP contribution in [0.2, 0.25) is 0 Å². The van der Waals surface area contributed by atoms with Gasteiger partial charge in [-0.3, -0.25) is 9.59 Å². The number of piperazine rings is 1. The highest BCUT2D eigenvalue weighted by atomic mass is 19.1. The summed E-state index contributed by atoms with van der Waals surface area (Å²) in [5.74, 6) is -0.416. The highest BCUT2D eigenvalue weighted by Crippen LogP contribution is 2.17. The molecular formula is C19H23FN4O2. The average molecular weight is 358 g/mol. The van der Waals surface area contributed by atoms with Gasteiger partial charge in [-0.15, -0.1) is 0 Å². The van der Waals surface area contributed by atoms with Crippen molar-refractivity contribution in [1.29, 1.82) is 0 Å². The summed E-state index contributed by atoms with van der Waals surface area (Å²) in [4.78, 5) is 28.4. The second-order valence-electron chi connectivity index (χ2n) is 6.39. The van der Waals surface area contributed by atoms with Gasteiger partial charge in [0.05, 0.1) is 0 Å². The van der Waals surface area contributed by atoms with E-state index in [9.17, 15) is 14.0 Å². The van der Waals surface area contributed by atoms with Gasteiger partial charge in [0.2, 0.25) is 0 Å². The highest BCUT2D eigenvalue weighted by molar-refractivity contribution is 5.92. The Morgan fingerprint density at radius 2 is 1.77 bits per heavy atom. The predicted molar refractivity (Wildman–Crippen MR) is 97.9 cm³/mol. The second-order valence-corrected chi connectivity index (χ2v) is 6.39. The molecule has 0 saturated carbocycles. The molecule has 138 valence electrons. The summed E-state index contributed by atoms with van der Waals surface area (Å²) in [5, 5.41) is 4.23. The van der Waals surface area contributed by atoms with E-state index < -0.39 is 0 Å². The van der Waals surface area contributed by atoms with Crippen LogP contribution in [0.15, 0.2) is 41.2 Å². The molecule has 1 aromatic carbocycles. The zero-order chi connectivity index (χ0) is 18.5. The van der Waals surface area contributed by atoms with Gasteiger partial charge in [0.15, 0.2) is 0 Å². The lowest BCUT2D eigenvalue weighted by molar-refractivity contribution is 0.0738. The summed E-state index contributed by atoms with van der Waals surface area (Å²) < 4.78 is 14.4. The molecule has 1 aliphatic rings. The Morgan fingerprint density at radius 1 is 1.08 bits per heavy atom. The van der Waals surface area contributed by atoms with Gasteiger partial charge in [0.1, 0.15) is 11.5 Å². The third kappa shape index (κ3) is 4.09. The number of carbonyl (C=O) groups is 1. The van der Waals surface area contributed by atoms with Gasteiger partial charge in [0, 0.05) is 44.5 Å². The number of unbranched alkanes of at least 4 members (excludes halogenated alkanes) is 1. The van der Waals surface area contributed by atoms with Crippen molar-refractivity contribution in [1.82, 2.24) is 14.7 Å². The smallest absolute Gasteiger partial charge is 0.274 e. The van der Waals surface area contributed by atoms with Crippen LogP contribution >= 0.6 is 0 Å². The Labute approximate surface area is 151 Å². The summed E-state index contributed by atoms with van der Waals surface area (Å²) in [7, 11) is 0. The molecule has 1 aliphatic heterocycles. The minimum absolute atomic E-state index is 0.158. The number of benzene rings is 1. The predicted octanol–water partition coefficient (Wildman–Crippen LogP) is 2.14. The molecular weight excluding hydrogens is 335 g/mol. The van der Waals surface area contributed by atoms with E-state index in [0.717, 1.165) is 18.5 Å². The van der Waals surface area contributed by atoms with Gasteiger partial charge in [0.25, 0.3) is 11.5 Å². The molecule has 0 bridgehead atoms. The number of aryl methyl sites for hydroxylation is 1. The van der Waals surface area contributed by atoms with E-state index in [1.54, 1.807) is 17.0 Å². The lowest BCUT2D eigenvalue weighted by atomic mass is 10.2. The van der Waals surface area contributed by atoms with E-state index in [0.29, 0.717) is 38.4 Å². The van der Waals surface area contributed by atoms with Crippen LogP contribution in [0.3, 0.4) is 0 Å². The van der Waals surface area contributed by atoms with Gasteiger partial charge in [-0.1, -0.05) is 13.3 Å². The van der Waals surface area contributed by atoms with Gasteiger partial charge in [-0.05, 0) is 36.8 Å². The second kappa shape index (κ2) is 8.12. The van der Waals surface area contributed by atoms with Crippen LogP contribution < -0.4 is 10.5 Å². The van der Waals surface area contributed by atoms with Gasteiger partial charge in [-0.25, -0.2) is 9.07 Å². The lowest BCUT2D eigenvalue weighted by Gasteiger charge is -2.36. The van der Waals surface area contributed by atoms with Crippen LogP contribution in [0.5, 0.6) is 0 Å². The Hall–Kier alpha value is -2.70. The number of anilines is 1. The molecule has 7 heteroatoms. The number of halogens is 1. The quantitative estimate of drug-likeness (QED) is 0.822. The Bertz CT molecular complexity index is 811. The molecule has 1 amide bonds. The molecule has 2 heterocycles. The van der Waals surface area contributed by atoms with Crippen LogP contribution in [0, 0.1) is 5.82 Å². The molecule has 0 aliphatic carbocycles. The molecule has 0 unspecified atom stereocenters. The highest BCUT2D eigenvalue weighted by Gasteiger charge is 2.23. The van der Waals surface area contributed by atoms with Crippen molar-refractivity contribution in [3.63, 3.8) is 0 Å². The molecule has 0 radical (unpaired) electrons. The number of hydrogen-bond acceptors (Lipinski definition) is 4. The zero-order valence-electron chi connectivity index (χ0n) is 14.9. The van der Waals surface area contributed by atoms with Crippen molar-refractivity contribution in [2.24, 2.45) is 0 Å². The molecule has 26 heavy (non-hydrogen) atoms. The summed E-state index contributed by atoms with van der Waals surface area (Å²) >= 11 is 0. The van der Waals surface area contributed by atoms with Crippen LogP contribution in [0.25, 0.3) is 0 Å². The number of amides is 1. The molecule has 0 spiro atoms. The van der Waals surface area contributed by atoms with E-state index in [2.05, 4.69) is 10.00 Å². The molecule has 1 saturated heterocycles. The fourth-order valence-electron chi connectivity index (χ4n) is 3.01. The fourth-order valence-corrected chi connectivity index (χ4v) is 3.01. The van der Waals surface area contributed by atoms with Crippen molar-refractivity contribution in [3.05, 3.63) is 58.3 Å². The van der Waals surface area contributed by atoms with Crippen LogP contribution in [-0.2, 0) is 6.54 Å². The number of rotatable bonds is 5. The molecule has 1 fully saturated rings. The minimum atomic E-state index is -0.258. The minimum Gasteiger partial charge on any atom is -0.368 e. The van der Waals surface area contributed by atoms with Crippen molar-refractivity contribution in [3.8, 4) is 0 Å². The topological polar surface area (TPSA) is 58.4 Å². The van der Waals surface area contributed by atoms with Crippen molar-refractivity contribution < 1.29 is 9.18 Å². The average Bonchev–Trinajstić information content (AvgIpc) is 2.67. The number of hydrogen-bond donors (Lipinski definition) is 0. The maximum absolute atomic E-state index is 13.0. The zero-order valence-corrected chi connectivity index (χ0v) is 14.9. The Morgan fingerprint density at radius 3 is 2.42 bits per heavy atom. The van der Waals surface area contributed by atoms with Gasteiger partial charge < -0.3 is 9.80 Å². The maximum Gasteiger partial charge on any atom is 0.274 e. The summed E-state index contributed by atoms with van der Waals surface area (Å²) in [6.07, 6.45) is 1.80. The molecule has 3 rings (SSSR count). The number of carbonyl (C=O) groups excluding carboxylic acids is 1. The summed E-state index contributed by atoms with van der Waals surface area (Å²) in [6.45, 7) is 5.03. The van der Waals surface area contributed by atoms with E-state index in [1.165, 1.54) is 28.9 Å². The number of nitrogens with zero attached hydrogens (tertiary/aromatic N) is 4. The third-order valence-corrected chi connectivity index (χ3v) is 4.57. The van der Waals surface area contributed by atoms with E-state index in [1.807, 2.05) is 6.92 Å². The third-order valence-electron chi connectivity index (χ3n) is 4.57. The lowest BCUT2D eigenvalue weighted by Crippen LogP contribution is -2.49. The Kier molecular flexibility index (Phi) is 5.65. The molecule has 0 N–H and O–H groups in total. The first-order valence-electron chi connectivity index (χ1n) is 8.96. The molecule has 0 atom stereocenters. The Balaban J connectivity index is 1.65. The molecule has 6 nitrogen and oxygen atoms in total. The van der Waals surface area contributed by atoms with Crippen LogP contribution in [0.1, 0.15) is 30.3 Å². The first-order chi connectivity index (χ1) is 12.6. The summed E-state index contributed by atoms with van der Waals surface area (Å²) in [5.41, 5.74) is 1.07. The standard InChI is InChI=1S/C19H23FN4O2/c1-2-3-10-24-18(25)9-8-17(21-24)19(26)23-13-11-22(12-14-23)16-6-4-15(20)5-7-16/h4-9H,2-3,10-14H2,1H3. The fraction of sp³-hybridized carbons (Fsp3) is 0.421. The van der Waals surface area contributed by atoms with Crippen LogP contribution in [0.4, 0.5) is 10.1 Å². The molecule has 2 aromatic rings. The first kappa shape index (κ1) is 18.1. The first-order valence-corrected chi connectivity index (χ1v) is 8.96. The van der Waals surface area contributed by atoms with Gasteiger partial charge in [-0.2, -0.15) is 5.10 Å². The van der Waals surface area contributed by atoms with Crippen LogP contribution in [-0.4, -0.2) is 46.8 Å². The maximum atomic E-state index is 13.0. The van der Waals surface area contributed by atoms with Crippen molar-refractivity contribution in [2.75, 3.05) is 31.1 Å². The van der Waals surface area contributed by atoms with Crippen molar-refractivity contribution >= 4 is 11.6 Å². The van der Waals surface area contributed by atoms with E-state index in [4.69, 9.17) is 0 Å². The van der Waals surface area contributed by atoms with Gasteiger partial charge >= 0.3 is 0 Å². The largest absolute Gasteiger partial charge is 0.368 e. The summed E-state index contributed by atoms with van der Waals surface area (Å²) in [6, 6.07) is 9.28. The van der Waals surface area contributed by atoms with E-state index in [-0.39, 0.29) is 17.3 Å². The molecule has 1 aromatic heterocycles. The monoisotopic (exact) mass is 358 g/mol.